The zero-order valence-corrected chi connectivity index (χ0v) is 11.3. The zero-order valence-electron chi connectivity index (χ0n) is 11.3. The SMILES string of the molecule is O=C(N[C@@H](c1ccccc1)c1ccncc1)c1ccoc1. The first-order valence-corrected chi connectivity index (χ1v) is 6.62. The van der Waals surface area contributed by atoms with E-state index >= 15 is 0 Å². The number of nitrogens with one attached hydrogen (secondary N) is 1. The average Bonchev–Trinajstić information content (AvgIpc) is 3.09. The number of hydrogen-bond acceptors (Lipinski definition) is 3. The normalized spacial score (nSPS) is 11.8. The summed E-state index contributed by atoms with van der Waals surface area (Å²) in [5, 5.41) is 3.03. The summed E-state index contributed by atoms with van der Waals surface area (Å²) in [5.74, 6) is -0.172. The Bertz CT molecular complexity index is 655. The number of furan rings is 1. The molecule has 0 radical (unpaired) electrons. The van der Waals surface area contributed by atoms with Crippen LogP contribution in [0.2, 0.25) is 0 Å². The number of pyridine rings is 1. The van der Waals surface area contributed by atoms with Gasteiger partial charge in [-0.15, -0.1) is 0 Å². The summed E-state index contributed by atoms with van der Waals surface area (Å²) in [6, 6.07) is 15.0. The predicted molar refractivity (Wildman–Crippen MR) is 78.7 cm³/mol. The van der Waals surface area contributed by atoms with Gasteiger partial charge >= 0.3 is 0 Å². The molecule has 4 heteroatoms. The van der Waals surface area contributed by atoms with Crippen LogP contribution >= 0.6 is 0 Å². The first-order chi connectivity index (χ1) is 10.3. The van der Waals surface area contributed by atoms with Gasteiger partial charge in [0.1, 0.15) is 6.26 Å². The topological polar surface area (TPSA) is 55.1 Å². The lowest BCUT2D eigenvalue weighted by atomic mass is 9.99. The van der Waals surface area contributed by atoms with Crippen molar-refractivity contribution in [3.63, 3.8) is 0 Å². The number of carbonyl (C=O) groups is 1. The quantitative estimate of drug-likeness (QED) is 0.797. The van der Waals surface area contributed by atoms with Gasteiger partial charge in [0.05, 0.1) is 17.9 Å². The van der Waals surface area contributed by atoms with Crippen LogP contribution in [0.1, 0.15) is 27.5 Å². The number of aromatic nitrogens is 1. The van der Waals surface area contributed by atoms with Crippen LogP contribution in [-0.4, -0.2) is 10.9 Å². The van der Waals surface area contributed by atoms with Crippen molar-refractivity contribution in [1.29, 1.82) is 0 Å². The molecule has 0 bridgehead atoms. The van der Waals surface area contributed by atoms with Gasteiger partial charge in [0.25, 0.3) is 5.91 Å². The Morgan fingerprint density at radius 1 is 1.00 bits per heavy atom. The van der Waals surface area contributed by atoms with Gasteiger partial charge in [-0.3, -0.25) is 9.78 Å². The van der Waals surface area contributed by atoms with E-state index in [4.69, 9.17) is 4.42 Å². The molecule has 0 unspecified atom stereocenters. The molecule has 0 aliphatic carbocycles. The van der Waals surface area contributed by atoms with Crippen LogP contribution in [0.25, 0.3) is 0 Å². The monoisotopic (exact) mass is 278 g/mol. The van der Waals surface area contributed by atoms with E-state index in [0.29, 0.717) is 5.56 Å². The number of carbonyl (C=O) groups excluding carboxylic acids is 1. The van der Waals surface area contributed by atoms with Crippen LogP contribution in [0.3, 0.4) is 0 Å². The number of amides is 1. The number of nitrogens with zero attached hydrogens (tertiary/aromatic N) is 1. The highest BCUT2D eigenvalue weighted by atomic mass is 16.3. The zero-order chi connectivity index (χ0) is 14.5. The third kappa shape index (κ3) is 3.00. The maximum absolute atomic E-state index is 12.3. The molecule has 3 aromatic rings. The fourth-order valence-corrected chi connectivity index (χ4v) is 2.17. The van der Waals surface area contributed by atoms with E-state index in [9.17, 15) is 4.79 Å². The van der Waals surface area contributed by atoms with Gasteiger partial charge in [-0.25, -0.2) is 0 Å². The van der Waals surface area contributed by atoms with Crippen molar-refractivity contribution in [2.45, 2.75) is 6.04 Å². The molecule has 3 rings (SSSR count). The summed E-state index contributed by atoms with van der Waals surface area (Å²) < 4.78 is 4.96. The average molecular weight is 278 g/mol. The van der Waals surface area contributed by atoms with E-state index in [0.717, 1.165) is 11.1 Å². The second kappa shape index (κ2) is 6.05. The summed E-state index contributed by atoms with van der Waals surface area (Å²) >= 11 is 0. The summed E-state index contributed by atoms with van der Waals surface area (Å²) in [5.41, 5.74) is 2.50. The third-order valence-electron chi connectivity index (χ3n) is 3.23. The lowest BCUT2D eigenvalue weighted by Crippen LogP contribution is -2.29. The van der Waals surface area contributed by atoms with Crippen molar-refractivity contribution in [3.8, 4) is 0 Å². The van der Waals surface area contributed by atoms with E-state index in [-0.39, 0.29) is 11.9 Å². The Labute approximate surface area is 122 Å². The van der Waals surface area contributed by atoms with Gasteiger partial charge in [0.2, 0.25) is 0 Å². The number of hydrogen-bond donors (Lipinski definition) is 1. The molecule has 1 atom stereocenters. The smallest absolute Gasteiger partial charge is 0.255 e. The molecular weight excluding hydrogens is 264 g/mol. The van der Waals surface area contributed by atoms with Crippen LogP contribution in [0.4, 0.5) is 0 Å². The lowest BCUT2D eigenvalue weighted by molar-refractivity contribution is 0.0942. The van der Waals surface area contributed by atoms with Gasteiger partial charge in [-0.2, -0.15) is 0 Å². The van der Waals surface area contributed by atoms with E-state index in [2.05, 4.69) is 10.3 Å². The second-order valence-electron chi connectivity index (χ2n) is 4.61. The van der Waals surface area contributed by atoms with Crippen molar-refractivity contribution in [1.82, 2.24) is 10.3 Å². The highest BCUT2D eigenvalue weighted by Crippen LogP contribution is 2.21. The molecule has 2 heterocycles. The molecule has 21 heavy (non-hydrogen) atoms. The van der Waals surface area contributed by atoms with Gasteiger partial charge in [0.15, 0.2) is 0 Å². The molecule has 1 aromatic carbocycles. The molecule has 0 saturated heterocycles. The molecule has 104 valence electrons. The Morgan fingerprint density at radius 3 is 2.38 bits per heavy atom. The summed E-state index contributed by atoms with van der Waals surface area (Å²) in [6.45, 7) is 0. The molecule has 2 aromatic heterocycles. The molecule has 1 amide bonds. The van der Waals surface area contributed by atoms with Crippen molar-refractivity contribution in [2.24, 2.45) is 0 Å². The van der Waals surface area contributed by atoms with Crippen molar-refractivity contribution >= 4 is 5.91 Å². The maximum Gasteiger partial charge on any atom is 0.255 e. The number of rotatable bonds is 4. The third-order valence-corrected chi connectivity index (χ3v) is 3.23. The first kappa shape index (κ1) is 13.1. The van der Waals surface area contributed by atoms with Crippen molar-refractivity contribution in [3.05, 3.63) is 90.1 Å². The minimum atomic E-state index is -0.225. The van der Waals surface area contributed by atoms with Crippen molar-refractivity contribution < 1.29 is 9.21 Å². The van der Waals surface area contributed by atoms with Crippen LogP contribution in [-0.2, 0) is 0 Å². The molecule has 0 fully saturated rings. The Morgan fingerprint density at radius 2 is 1.71 bits per heavy atom. The van der Waals surface area contributed by atoms with E-state index < -0.39 is 0 Å². The molecule has 1 N–H and O–H groups in total. The first-order valence-electron chi connectivity index (χ1n) is 6.62. The second-order valence-corrected chi connectivity index (χ2v) is 4.61. The predicted octanol–water partition coefficient (Wildman–Crippen LogP) is 3.19. The maximum atomic E-state index is 12.3. The molecule has 0 aliphatic heterocycles. The molecule has 0 aliphatic rings. The van der Waals surface area contributed by atoms with Crippen LogP contribution in [0.15, 0.2) is 77.9 Å². The fourth-order valence-electron chi connectivity index (χ4n) is 2.17. The summed E-state index contributed by atoms with van der Waals surface area (Å²) in [6.07, 6.45) is 6.35. The molecular formula is C17H14N2O2. The summed E-state index contributed by atoms with van der Waals surface area (Å²) in [7, 11) is 0. The van der Waals surface area contributed by atoms with Gasteiger partial charge in [-0.1, -0.05) is 30.3 Å². The largest absolute Gasteiger partial charge is 0.472 e. The highest BCUT2D eigenvalue weighted by molar-refractivity contribution is 5.94. The minimum absolute atomic E-state index is 0.172. The van der Waals surface area contributed by atoms with Gasteiger partial charge < -0.3 is 9.73 Å². The van der Waals surface area contributed by atoms with Gasteiger partial charge in [0, 0.05) is 12.4 Å². The van der Waals surface area contributed by atoms with E-state index in [1.807, 2.05) is 42.5 Å². The Kier molecular flexibility index (Phi) is 3.78. The Balaban J connectivity index is 1.92. The Hall–Kier alpha value is -2.88. The summed E-state index contributed by atoms with van der Waals surface area (Å²) in [4.78, 5) is 16.3. The van der Waals surface area contributed by atoms with Crippen LogP contribution in [0.5, 0.6) is 0 Å². The van der Waals surface area contributed by atoms with Gasteiger partial charge in [-0.05, 0) is 29.3 Å². The minimum Gasteiger partial charge on any atom is -0.472 e. The lowest BCUT2D eigenvalue weighted by Gasteiger charge is -2.19. The van der Waals surface area contributed by atoms with Crippen LogP contribution in [0, 0.1) is 0 Å². The van der Waals surface area contributed by atoms with E-state index in [1.54, 1.807) is 18.5 Å². The standard InChI is InChI=1S/C17H14N2O2/c20-17(15-8-11-21-12-15)19-16(13-4-2-1-3-5-13)14-6-9-18-10-7-14/h1-12,16H,(H,19,20)/t16-/m0/s1. The molecule has 0 saturated carbocycles. The van der Waals surface area contributed by atoms with Crippen molar-refractivity contribution in [2.75, 3.05) is 0 Å². The molecule has 0 spiro atoms. The highest BCUT2D eigenvalue weighted by Gasteiger charge is 2.18. The fraction of sp³-hybridized carbons (Fsp3) is 0.0588. The number of benzene rings is 1. The van der Waals surface area contributed by atoms with Crippen LogP contribution < -0.4 is 5.32 Å². The van der Waals surface area contributed by atoms with E-state index in [1.165, 1.54) is 12.5 Å². The molecule has 4 nitrogen and oxygen atoms in total.